The van der Waals surface area contributed by atoms with Gasteiger partial charge < -0.3 is 18.9 Å². The molecule has 116 valence electrons. The zero-order chi connectivity index (χ0) is 15.2. The summed E-state index contributed by atoms with van der Waals surface area (Å²) in [5.74, 6) is 0.656. The number of carbonyl (C=O) groups is 1. The predicted octanol–water partition coefficient (Wildman–Crippen LogP) is 1.91. The van der Waals surface area contributed by atoms with Crippen LogP contribution in [0.25, 0.3) is 0 Å². The summed E-state index contributed by atoms with van der Waals surface area (Å²) < 4.78 is 20.7. The lowest BCUT2D eigenvalue weighted by Gasteiger charge is -2.18. The largest absolute Gasteiger partial charge is 0.465 e. The average molecular weight is 316 g/mol. The minimum atomic E-state index is -0.632. The second kappa shape index (κ2) is 7.49. The van der Waals surface area contributed by atoms with E-state index in [0.717, 1.165) is 0 Å². The van der Waals surface area contributed by atoms with Crippen LogP contribution in [-0.2, 0) is 14.3 Å². The molecule has 1 aliphatic heterocycles. The van der Waals surface area contributed by atoms with Gasteiger partial charge >= 0.3 is 5.97 Å². The Balaban J connectivity index is 2.23. The number of hydrogen-bond acceptors (Lipinski definition) is 6. The number of fused-ring (bicyclic) bond motifs is 1. The summed E-state index contributed by atoms with van der Waals surface area (Å²) in [6.45, 7) is 3.18. The molecule has 2 rings (SSSR count). The number of halogens is 1. The van der Waals surface area contributed by atoms with Crippen molar-refractivity contribution < 1.29 is 23.7 Å². The van der Waals surface area contributed by atoms with Gasteiger partial charge in [0.1, 0.15) is 6.04 Å². The number of carbonyl (C=O) groups excluding carboxylic acids is 1. The van der Waals surface area contributed by atoms with Crippen LogP contribution in [0.15, 0.2) is 12.1 Å². The lowest BCUT2D eigenvalue weighted by atomic mass is 10.1. The van der Waals surface area contributed by atoms with Gasteiger partial charge in [-0.1, -0.05) is 11.6 Å². The minimum Gasteiger partial charge on any atom is -0.465 e. The molecule has 0 bridgehead atoms. The Kier molecular flexibility index (Phi) is 5.67. The summed E-state index contributed by atoms with van der Waals surface area (Å²) in [4.78, 5) is 12.1. The van der Waals surface area contributed by atoms with E-state index < -0.39 is 6.04 Å². The highest BCUT2D eigenvalue weighted by Crippen LogP contribution is 2.41. The van der Waals surface area contributed by atoms with Crippen molar-refractivity contribution in [1.82, 2.24) is 5.32 Å². The number of methoxy groups -OCH3 is 1. The molecule has 0 aliphatic carbocycles. The molecule has 0 fully saturated rings. The zero-order valence-corrected chi connectivity index (χ0v) is 12.7. The van der Waals surface area contributed by atoms with Gasteiger partial charge in [0.2, 0.25) is 6.79 Å². The molecule has 1 aromatic rings. The highest BCUT2D eigenvalue weighted by molar-refractivity contribution is 6.32. The Morgan fingerprint density at radius 2 is 2.29 bits per heavy atom. The van der Waals surface area contributed by atoms with E-state index in [1.54, 1.807) is 26.2 Å². The smallest absolute Gasteiger partial charge is 0.327 e. The first-order valence-corrected chi connectivity index (χ1v) is 7.03. The van der Waals surface area contributed by atoms with Gasteiger partial charge in [-0.25, -0.2) is 4.79 Å². The molecule has 0 saturated heterocycles. The SMILES string of the molecule is CCOC(=O)C(NCCOC)c1cc(Cl)c2c(c1)OCO2. The van der Waals surface area contributed by atoms with Gasteiger partial charge in [-0.15, -0.1) is 0 Å². The maximum atomic E-state index is 12.1. The van der Waals surface area contributed by atoms with E-state index in [1.807, 2.05) is 0 Å². The van der Waals surface area contributed by atoms with Crippen molar-refractivity contribution in [2.24, 2.45) is 0 Å². The Bertz CT molecular complexity index is 508. The van der Waals surface area contributed by atoms with Crippen molar-refractivity contribution >= 4 is 17.6 Å². The first-order chi connectivity index (χ1) is 10.2. The number of hydrogen-bond donors (Lipinski definition) is 1. The molecule has 1 atom stereocenters. The highest BCUT2D eigenvalue weighted by Gasteiger charge is 2.26. The van der Waals surface area contributed by atoms with Gasteiger partial charge in [0.25, 0.3) is 0 Å². The quantitative estimate of drug-likeness (QED) is 0.612. The minimum absolute atomic E-state index is 0.125. The van der Waals surface area contributed by atoms with Crippen molar-refractivity contribution in [1.29, 1.82) is 0 Å². The van der Waals surface area contributed by atoms with Crippen LogP contribution in [0.1, 0.15) is 18.5 Å². The molecule has 0 radical (unpaired) electrons. The summed E-state index contributed by atoms with van der Waals surface area (Å²) >= 11 is 6.15. The van der Waals surface area contributed by atoms with E-state index in [0.29, 0.717) is 41.8 Å². The lowest BCUT2D eigenvalue weighted by molar-refractivity contribution is -0.145. The zero-order valence-electron chi connectivity index (χ0n) is 12.0. The van der Waals surface area contributed by atoms with Crippen molar-refractivity contribution in [2.75, 3.05) is 33.7 Å². The maximum Gasteiger partial charge on any atom is 0.327 e. The van der Waals surface area contributed by atoms with Gasteiger partial charge in [0, 0.05) is 13.7 Å². The Morgan fingerprint density at radius 3 is 3.00 bits per heavy atom. The molecular formula is C14H18ClNO5. The maximum absolute atomic E-state index is 12.1. The molecule has 1 aromatic carbocycles. The average Bonchev–Trinajstić information content (AvgIpc) is 2.92. The number of esters is 1. The van der Waals surface area contributed by atoms with Crippen LogP contribution >= 0.6 is 11.6 Å². The first kappa shape index (κ1) is 15.9. The van der Waals surface area contributed by atoms with Crippen LogP contribution in [0.3, 0.4) is 0 Å². The van der Waals surface area contributed by atoms with Crippen LogP contribution in [-0.4, -0.2) is 39.6 Å². The molecule has 1 aliphatic rings. The second-order valence-electron chi connectivity index (χ2n) is 4.37. The third-order valence-electron chi connectivity index (χ3n) is 2.96. The van der Waals surface area contributed by atoms with Gasteiger partial charge in [-0.05, 0) is 24.6 Å². The van der Waals surface area contributed by atoms with Crippen LogP contribution < -0.4 is 14.8 Å². The van der Waals surface area contributed by atoms with Crippen molar-refractivity contribution in [3.8, 4) is 11.5 Å². The van der Waals surface area contributed by atoms with Crippen LogP contribution in [0.4, 0.5) is 0 Å². The van der Waals surface area contributed by atoms with Crippen molar-refractivity contribution in [3.63, 3.8) is 0 Å². The molecule has 6 nitrogen and oxygen atoms in total. The number of nitrogens with one attached hydrogen (secondary N) is 1. The Hall–Kier alpha value is -1.50. The van der Waals surface area contributed by atoms with E-state index in [2.05, 4.69) is 5.32 Å². The van der Waals surface area contributed by atoms with Gasteiger partial charge in [0.15, 0.2) is 11.5 Å². The fourth-order valence-corrected chi connectivity index (χ4v) is 2.30. The first-order valence-electron chi connectivity index (χ1n) is 6.65. The summed E-state index contributed by atoms with van der Waals surface area (Å²) in [5.41, 5.74) is 0.666. The molecule has 0 amide bonds. The molecule has 21 heavy (non-hydrogen) atoms. The Labute approximate surface area is 128 Å². The Morgan fingerprint density at radius 1 is 1.48 bits per heavy atom. The van der Waals surface area contributed by atoms with E-state index >= 15 is 0 Å². The summed E-state index contributed by atoms with van der Waals surface area (Å²) in [6.07, 6.45) is 0. The van der Waals surface area contributed by atoms with Crippen LogP contribution in [0, 0.1) is 0 Å². The molecule has 0 spiro atoms. The molecular weight excluding hydrogens is 298 g/mol. The van der Waals surface area contributed by atoms with E-state index in [-0.39, 0.29) is 12.8 Å². The van der Waals surface area contributed by atoms with Gasteiger partial charge in [0.05, 0.1) is 18.2 Å². The summed E-state index contributed by atoms with van der Waals surface area (Å²) in [7, 11) is 1.60. The fraction of sp³-hybridized carbons (Fsp3) is 0.500. The third kappa shape index (κ3) is 3.78. The normalized spacial score (nSPS) is 14.0. The number of rotatable bonds is 7. The van der Waals surface area contributed by atoms with Gasteiger partial charge in [-0.3, -0.25) is 5.32 Å². The molecule has 0 aromatic heterocycles. The van der Waals surface area contributed by atoms with E-state index in [1.165, 1.54) is 0 Å². The molecule has 1 N–H and O–H groups in total. The monoisotopic (exact) mass is 315 g/mol. The predicted molar refractivity (Wildman–Crippen MR) is 76.8 cm³/mol. The number of ether oxygens (including phenoxy) is 4. The number of benzene rings is 1. The lowest BCUT2D eigenvalue weighted by Crippen LogP contribution is -2.32. The van der Waals surface area contributed by atoms with Gasteiger partial charge in [-0.2, -0.15) is 0 Å². The molecule has 7 heteroatoms. The van der Waals surface area contributed by atoms with Crippen molar-refractivity contribution in [3.05, 3.63) is 22.7 Å². The molecule has 1 unspecified atom stereocenters. The topological polar surface area (TPSA) is 66.0 Å². The van der Waals surface area contributed by atoms with E-state index in [9.17, 15) is 4.79 Å². The second-order valence-corrected chi connectivity index (χ2v) is 4.78. The standard InChI is InChI=1S/C14H18ClNO5/c1-3-19-14(17)12(16-4-5-18-2)9-6-10(15)13-11(7-9)20-8-21-13/h6-7,12,16H,3-5,8H2,1-2H3. The summed E-state index contributed by atoms with van der Waals surface area (Å²) in [6, 6.07) is 2.78. The third-order valence-corrected chi connectivity index (χ3v) is 3.24. The molecule has 1 heterocycles. The van der Waals surface area contributed by atoms with E-state index in [4.69, 9.17) is 30.5 Å². The van der Waals surface area contributed by atoms with Crippen LogP contribution in [0.2, 0.25) is 5.02 Å². The van der Waals surface area contributed by atoms with Crippen molar-refractivity contribution in [2.45, 2.75) is 13.0 Å². The fourth-order valence-electron chi connectivity index (χ4n) is 2.02. The van der Waals surface area contributed by atoms with Crippen LogP contribution in [0.5, 0.6) is 11.5 Å². The summed E-state index contributed by atoms with van der Waals surface area (Å²) in [5, 5.41) is 3.49. The highest BCUT2D eigenvalue weighted by atomic mass is 35.5. The molecule has 0 saturated carbocycles.